The van der Waals surface area contributed by atoms with Crippen LogP contribution in [0.5, 0.6) is 69.0 Å². The Bertz CT molecular complexity index is 2290. The molecule has 0 saturated carbocycles. The van der Waals surface area contributed by atoms with Crippen LogP contribution < -0.4 is 0 Å². The third kappa shape index (κ3) is 6.45. The Kier molecular flexibility index (Phi) is 9.45. The van der Waals surface area contributed by atoms with Gasteiger partial charge in [0.25, 0.3) is 0 Å². The number of aromatic hydroxyl groups is 12. The largest absolute Gasteiger partial charge is 0.504 e. The third-order valence-electron chi connectivity index (χ3n) is 8.53. The van der Waals surface area contributed by atoms with Crippen molar-refractivity contribution in [2.45, 2.75) is 30.7 Å². The molecule has 0 radical (unpaired) electrons. The SMILES string of the molecule is O=C(OC1C(O)OC2COC(=O)c3cc(O)c(O)c(O)c3-c3c(cc(O)c(O)c3O)C(=O)O[C@H]2[C@@H]1OC(=O)c1cc(O)c(O)c(O)c1)c1cc(O)c(O)c(O)c1. The minimum Gasteiger partial charge on any atom is -0.504 e. The van der Waals surface area contributed by atoms with E-state index in [0.29, 0.717) is 36.4 Å². The molecule has 0 spiro atoms. The van der Waals surface area contributed by atoms with Gasteiger partial charge in [0.2, 0.25) is 11.5 Å². The molecule has 1 saturated heterocycles. The molecule has 294 valence electrons. The number of carbonyl (C=O) groups is 4. The van der Waals surface area contributed by atoms with Crippen molar-refractivity contribution in [1.82, 2.24) is 0 Å². The highest BCUT2D eigenvalue weighted by molar-refractivity contribution is 6.08. The molecule has 2 aliphatic heterocycles. The van der Waals surface area contributed by atoms with Gasteiger partial charge in [0.15, 0.2) is 82.1 Å². The Morgan fingerprint density at radius 3 is 1.38 bits per heavy atom. The van der Waals surface area contributed by atoms with Gasteiger partial charge in [-0.3, -0.25) is 0 Å². The topological polar surface area (TPSA) is 377 Å². The lowest BCUT2D eigenvalue weighted by Gasteiger charge is -2.42. The van der Waals surface area contributed by atoms with Crippen molar-refractivity contribution in [3.8, 4) is 80.1 Å². The fourth-order valence-corrected chi connectivity index (χ4v) is 5.80. The van der Waals surface area contributed by atoms with Gasteiger partial charge in [0.05, 0.1) is 22.3 Å². The fraction of sp³-hybridized carbons (Fsp3) is 0.176. The normalized spacial score (nSPS) is 20.6. The molecule has 1 fully saturated rings. The van der Waals surface area contributed by atoms with E-state index in [-0.39, 0.29) is 0 Å². The molecule has 3 unspecified atom stereocenters. The Labute approximate surface area is 309 Å². The summed E-state index contributed by atoms with van der Waals surface area (Å²) in [6.45, 7) is -1.09. The number of rotatable bonds is 4. The van der Waals surface area contributed by atoms with Crippen LogP contribution >= 0.6 is 0 Å². The molecule has 56 heavy (non-hydrogen) atoms. The minimum atomic E-state index is -2.42. The minimum absolute atomic E-state index is 0.459. The summed E-state index contributed by atoms with van der Waals surface area (Å²) in [6, 6.07) is 3.41. The van der Waals surface area contributed by atoms with Crippen LogP contribution in [0.1, 0.15) is 41.4 Å². The summed E-state index contributed by atoms with van der Waals surface area (Å²) in [5, 5.41) is 133. The van der Waals surface area contributed by atoms with E-state index in [1.54, 1.807) is 0 Å². The Morgan fingerprint density at radius 1 is 0.536 bits per heavy atom. The predicted molar refractivity (Wildman–Crippen MR) is 174 cm³/mol. The summed E-state index contributed by atoms with van der Waals surface area (Å²) in [7, 11) is 0. The number of carbonyl (C=O) groups excluding carboxylic acids is 4. The number of ether oxygens (including phenoxy) is 5. The van der Waals surface area contributed by atoms with Gasteiger partial charge >= 0.3 is 23.9 Å². The quantitative estimate of drug-likeness (QED) is 0.0768. The van der Waals surface area contributed by atoms with Crippen molar-refractivity contribution in [3.05, 3.63) is 58.7 Å². The monoisotopic (exact) mass is 786 g/mol. The summed E-state index contributed by atoms with van der Waals surface area (Å²) in [5.41, 5.74) is -5.28. The van der Waals surface area contributed by atoms with E-state index in [2.05, 4.69) is 0 Å². The number of phenols is 12. The fourth-order valence-electron chi connectivity index (χ4n) is 5.80. The summed E-state index contributed by atoms with van der Waals surface area (Å²) < 4.78 is 27.0. The predicted octanol–water partition coefficient (Wildman–Crippen LogP) is 0.685. The number of phenolic OH excluding ortho intramolecular Hbond substituents is 12. The number of hydrogen-bond donors (Lipinski definition) is 13. The number of hydrogen-bond acceptors (Lipinski definition) is 22. The molecular formula is C34H26O22. The van der Waals surface area contributed by atoms with Crippen LogP contribution in [0.15, 0.2) is 36.4 Å². The molecule has 22 heteroatoms. The summed E-state index contributed by atoms with van der Waals surface area (Å²) >= 11 is 0. The van der Waals surface area contributed by atoms with Crippen LogP contribution in [0.25, 0.3) is 11.1 Å². The number of cyclic esters (lactones) is 1. The number of aliphatic hydroxyl groups excluding tert-OH is 1. The number of benzene rings is 4. The first-order valence-corrected chi connectivity index (χ1v) is 15.5. The van der Waals surface area contributed by atoms with E-state index < -0.39 is 164 Å². The molecule has 0 aliphatic carbocycles. The van der Waals surface area contributed by atoms with E-state index in [4.69, 9.17) is 23.7 Å². The lowest BCUT2D eigenvalue weighted by atomic mass is 9.92. The first kappa shape index (κ1) is 38.0. The Hall–Kier alpha value is -7.72. The second-order valence-electron chi connectivity index (χ2n) is 12.0. The maximum atomic E-state index is 14.0. The molecule has 0 aromatic heterocycles. The Morgan fingerprint density at radius 2 is 0.929 bits per heavy atom. The molecule has 2 aliphatic rings. The molecule has 6 rings (SSSR count). The van der Waals surface area contributed by atoms with Crippen LogP contribution in [-0.2, 0) is 23.7 Å². The van der Waals surface area contributed by atoms with Crippen molar-refractivity contribution in [1.29, 1.82) is 0 Å². The van der Waals surface area contributed by atoms with Gasteiger partial charge in [-0.2, -0.15) is 0 Å². The molecule has 22 nitrogen and oxygen atoms in total. The highest BCUT2D eigenvalue weighted by Gasteiger charge is 2.53. The summed E-state index contributed by atoms with van der Waals surface area (Å²) in [4.78, 5) is 54.3. The molecule has 4 aromatic carbocycles. The van der Waals surface area contributed by atoms with E-state index in [9.17, 15) is 85.6 Å². The van der Waals surface area contributed by atoms with Gasteiger partial charge in [-0.1, -0.05) is 0 Å². The van der Waals surface area contributed by atoms with Crippen molar-refractivity contribution < 1.29 is 109 Å². The average molecular weight is 787 g/mol. The smallest absolute Gasteiger partial charge is 0.339 e. The lowest BCUT2D eigenvalue weighted by Crippen LogP contribution is -2.62. The van der Waals surface area contributed by atoms with Gasteiger partial charge in [-0.15, -0.1) is 0 Å². The van der Waals surface area contributed by atoms with Crippen LogP contribution in [0, 0.1) is 0 Å². The van der Waals surface area contributed by atoms with Gasteiger partial charge < -0.3 is 90.1 Å². The second-order valence-corrected chi connectivity index (χ2v) is 12.0. The first-order valence-electron chi connectivity index (χ1n) is 15.5. The summed E-state index contributed by atoms with van der Waals surface area (Å²) in [6.07, 6.45) is -11.2. The van der Waals surface area contributed by atoms with Crippen LogP contribution in [0.3, 0.4) is 0 Å². The maximum absolute atomic E-state index is 14.0. The standard InChI is InChI=1S/C34H26O22/c35-12-1-8(2-13(36)21(12)41)30(47)55-28-27-18(53-34(51)29(28)56-31(48)9-3-14(37)22(42)15(38)4-9)7-52-32(49)10-5-16(39)23(43)25(45)19(10)20-11(33(50)54-27)6-17(40)24(44)26(20)46/h1-6,18,27-29,34-46,51H,7H2/t18?,27-,28+,29?,34?/m1/s1. The van der Waals surface area contributed by atoms with E-state index >= 15 is 0 Å². The Balaban J connectivity index is 1.51. The van der Waals surface area contributed by atoms with Gasteiger partial charge in [-0.25, -0.2) is 19.2 Å². The second kappa shape index (κ2) is 13.9. The first-order chi connectivity index (χ1) is 26.3. The van der Waals surface area contributed by atoms with Crippen molar-refractivity contribution in [2.24, 2.45) is 0 Å². The average Bonchev–Trinajstić information content (AvgIpc) is 3.16. The third-order valence-corrected chi connectivity index (χ3v) is 8.53. The van der Waals surface area contributed by atoms with Crippen LogP contribution in [0.2, 0.25) is 0 Å². The van der Waals surface area contributed by atoms with E-state index in [1.165, 1.54) is 0 Å². The van der Waals surface area contributed by atoms with Crippen LogP contribution in [0.4, 0.5) is 0 Å². The highest BCUT2D eigenvalue weighted by Crippen LogP contribution is 2.53. The van der Waals surface area contributed by atoms with Gasteiger partial charge in [0, 0.05) is 11.1 Å². The highest BCUT2D eigenvalue weighted by atomic mass is 16.7. The molecule has 4 aromatic rings. The zero-order valence-corrected chi connectivity index (χ0v) is 27.5. The molecule has 5 atom stereocenters. The van der Waals surface area contributed by atoms with Crippen molar-refractivity contribution in [3.63, 3.8) is 0 Å². The zero-order chi connectivity index (χ0) is 41.1. The lowest BCUT2D eigenvalue weighted by molar-refractivity contribution is -0.284. The number of esters is 4. The van der Waals surface area contributed by atoms with Crippen molar-refractivity contribution >= 4 is 23.9 Å². The molecule has 13 N–H and O–H groups in total. The van der Waals surface area contributed by atoms with Crippen LogP contribution in [-0.4, -0.2) is 128 Å². The molecular weight excluding hydrogens is 760 g/mol. The van der Waals surface area contributed by atoms with Gasteiger partial charge in [-0.05, 0) is 36.4 Å². The van der Waals surface area contributed by atoms with Crippen molar-refractivity contribution in [2.75, 3.05) is 6.61 Å². The molecule has 2 heterocycles. The maximum Gasteiger partial charge on any atom is 0.339 e. The van der Waals surface area contributed by atoms with E-state index in [0.717, 1.165) is 0 Å². The molecule has 0 amide bonds. The zero-order valence-electron chi connectivity index (χ0n) is 27.5. The number of aliphatic hydroxyl groups is 1. The van der Waals surface area contributed by atoms with Gasteiger partial charge in [0.1, 0.15) is 12.7 Å². The molecule has 0 bridgehead atoms. The van der Waals surface area contributed by atoms with E-state index in [1.807, 2.05) is 0 Å². The summed E-state index contributed by atoms with van der Waals surface area (Å²) in [5.74, 6) is -20.2. The number of fused-ring (bicyclic) bond motifs is 4.